The van der Waals surface area contributed by atoms with Gasteiger partial charge in [0.2, 0.25) is 5.91 Å². The highest BCUT2D eigenvalue weighted by Gasteiger charge is 2.38. The van der Waals surface area contributed by atoms with Gasteiger partial charge in [-0.1, -0.05) is 67.9 Å². The molecule has 2 atom stereocenters. The summed E-state index contributed by atoms with van der Waals surface area (Å²) in [6.45, 7) is 10.1. The molecule has 3 aromatic carbocycles. The van der Waals surface area contributed by atoms with Gasteiger partial charge in [-0.3, -0.25) is 9.59 Å². The van der Waals surface area contributed by atoms with Crippen LogP contribution in [0.15, 0.2) is 66.7 Å². The lowest BCUT2D eigenvalue weighted by Gasteiger charge is -2.40. The molecule has 6 rings (SSSR count). The lowest BCUT2D eigenvalue weighted by atomic mass is 9.70. The van der Waals surface area contributed by atoms with E-state index in [0.29, 0.717) is 31.7 Å². The summed E-state index contributed by atoms with van der Waals surface area (Å²) in [6.07, 6.45) is 2.39. The van der Waals surface area contributed by atoms with E-state index < -0.39 is 6.04 Å². The fourth-order valence-electron chi connectivity index (χ4n) is 6.57. The molecule has 0 bridgehead atoms. The Hall–Kier alpha value is -3.64. The lowest BCUT2D eigenvalue weighted by Crippen LogP contribution is -2.53. The van der Waals surface area contributed by atoms with E-state index >= 15 is 0 Å². The van der Waals surface area contributed by atoms with E-state index in [1.54, 1.807) is 4.90 Å². The van der Waals surface area contributed by atoms with Gasteiger partial charge < -0.3 is 19.9 Å². The first-order valence-corrected chi connectivity index (χ1v) is 14.5. The monoisotopic (exact) mass is 537 g/mol. The van der Waals surface area contributed by atoms with Crippen molar-refractivity contribution in [2.75, 3.05) is 31.2 Å². The molecule has 40 heavy (non-hydrogen) atoms. The number of ether oxygens (including phenoxy) is 1. The molecule has 0 saturated carbocycles. The second-order valence-corrected chi connectivity index (χ2v) is 12.1. The molecule has 2 heterocycles. The second-order valence-electron chi connectivity index (χ2n) is 12.1. The SMILES string of the molecule is Cc1ccc2c(c1)C(C)(C)CCC2NC(=O)C1Cc2ccccc2CN1C(=O)c1cccc(N2CCOCC2)c1. The fraction of sp³-hybridized carbons (Fsp3) is 0.412. The highest BCUT2D eigenvalue weighted by Crippen LogP contribution is 2.42. The second kappa shape index (κ2) is 10.7. The van der Waals surface area contributed by atoms with Crippen molar-refractivity contribution >= 4 is 17.5 Å². The average molecular weight is 538 g/mol. The lowest BCUT2D eigenvalue weighted by molar-refractivity contribution is -0.127. The van der Waals surface area contributed by atoms with Crippen LogP contribution in [-0.2, 0) is 27.9 Å². The van der Waals surface area contributed by atoms with Crippen molar-refractivity contribution in [2.45, 2.75) is 64.1 Å². The number of amides is 2. The molecule has 3 aliphatic rings. The fourth-order valence-corrected chi connectivity index (χ4v) is 6.57. The number of nitrogens with zero attached hydrogens (tertiary/aromatic N) is 2. The smallest absolute Gasteiger partial charge is 0.254 e. The van der Waals surface area contributed by atoms with Gasteiger partial charge in [0, 0.05) is 37.3 Å². The summed E-state index contributed by atoms with van der Waals surface area (Å²) in [4.78, 5) is 32.1. The van der Waals surface area contributed by atoms with E-state index in [1.807, 2.05) is 36.4 Å². The summed E-state index contributed by atoms with van der Waals surface area (Å²) in [5.74, 6) is -0.186. The zero-order valence-corrected chi connectivity index (χ0v) is 23.8. The molecule has 3 aromatic rings. The van der Waals surface area contributed by atoms with Crippen LogP contribution in [0.2, 0.25) is 0 Å². The number of carbonyl (C=O) groups excluding carboxylic acids is 2. The largest absolute Gasteiger partial charge is 0.378 e. The quantitative estimate of drug-likeness (QED) is 0.489. The van der Waals surface area contributed by atoms with E-state index in [0.717, 1.165) is 42.7 Å². The van der Waals surface area contributed by atoms with Gasteiger partial charge in [0.05, 0.1) is 19.3 Å². The topological polar surface area (TPSA) is 61.9 Å². The van der Waals surface area contributed by atoms with Crippen LogP contribution >= 0.6 is 0 Å². The Morgan fingerprint density at radius 3 is 2.52 bits per heavy atom. The predicted molar refractivity (Wildman–Crippen MR) is 158 cm³/mol. The number of benzene rings is 3. The number of carbonyl (C=O) groups is 2. The highest BCUT2D eigenvalue weighted by atomic mass is 16.5. The van der Waals surface area contributed by atoms with Gasteiger partial charge in [-0.25, -0.2) is 0 Å². The summed E-state index contributed by atoms with van der Waals surface area (Å²) >= 11 is 0. The Labute approximate surface area is 237 Å². The molecule has 208 valence electrons. The maximum Gasteiger partial charge on any atom is 0.254 e. The Bertz CT molecular complexity index is 1430. The van der Waals surface area contributed by atoms with Gasteiger partial charge >= 0.3 is 0 Å². The highest BCUT2D eigenvalue weighted by molar-refractivity contribution is 5.98. The molecule has 1 N–H and O–H groups in total. The summed E-state index contributed by atoms with van der Waals surface area (Å²) in [7, 11) is 0. The number of anilines is 1. The van der Waals surface area contributed by atoms with Crippen molar-refractivity contribution in [2.24, 2.45) is 0 Å². The van der Waals surface area contributed by atoms with Crippen molar-refractivity contribution in [3.05, 3.63) is 100 Å². The van der Waals surface area contributed by atoms with Crippen LogP contribution in [0.3, 0.4) is 0 Å². The molecule has 1 fully saturated rings. The van der Waals surface area contributed by atoms with Crippen LogP contribution in [0, 0.1) is 6.92 Å². The van der Waals surface area contributed by atoms with Gasteiger partial charge in [0.15, 0.2) is 0 Å². The number of aryl methyl sites for hydroxylation is 1. The molecule has 0 spiro atoms. The van der Waals surface area contributed by atoms with Crippen molar-refractivity contribution in [1.29, 1.82) is 0 Å². The van der Waals surface area contributed by atoms with Gasteiger partial charge in [0.25, 0.3) is 5.91 Å². The van der Waals surface area contributed by atoms with Crippen LogP contribution < -0.4 is 10.2 Å². The third-order valence-electron chi connectivity index (χ3n) is 8.97. The van der Waals surface area contributed by atoms with Crippen LogP contribution in [0.1, 0.15) is 70.9 Å². The number of hydrogen-bond acceptors (Lipinski definition) is 4. The van der Waals surface area contributed by atoms with Gasteiger partial charge in [-0.15, -0.1) is 0 Å². The number of rotatable bonds is 4. The molecule has 1 saturated heterocycles. The molecular weight excluding hydrogens is 498 g/mol. The predicted octanol–water partition coefficient (Wildman–Crippen LogP) is 5.33. The minimum Gasteiger partial charge on any atom is -0.378 e. The maximum absolute atomic E-state index is 14.1. The summed E-state index contributed by atoms with van der Waals surface area (Å²) < 4.78 is 5.51. The summed E-state index contributed by atoms with van der Waals surface area (Å²) in [6, 6.07) is 21.9. The van der Waals surface area contributed by atoms with Crippen molar-refractivity contribution < 1.29 is 14.3 Å². The van der Waals surface area contributed by atoms with E-state index in [9.17, 15) is 9.59 Å². The number of hydrogen-bond donors (Lipinski definition) is 1. The third-order valence-corrected chi connectivity index (χ3v) is 8.97. The van der Waals surface area contributed by atoms with Crippen molar-refractivity contribution in [1.82, 2.24) is 10.2 Å². The van der Waals surface area contributed by atoms with E-state index in [-0.39, 0.29) is 23.3 Å². The van der Waals surface area contributed by atoms with Crippen LogP contribution in [-0.4, -0.2) is 49.1 Å². The first kappa shape index (κ1) is 26.6. The average Bonchev–Trinajstić information content (AvgIpc) is 2.98. The van der Waals surface area contributed by atoms with Crippen LogP contribution in [0.5, 0.6) is 0 Å². The molecule has 0 aromatic heterocycles. The Kier molecular flexibility index (Phi) is 7.13. The van der Waals surface area contributed by atoms with Crippen LogP contribution in [0.25, 0.3) is 0 Å². The first-order valence-electron chi connectivity index (χ1n) is 14.5. The maximum atomic E-state index is 14.1. The summed E-state index contributed by atoms with van der Waals surface area (Å²) in [5, 5.41) is 3.38. The standard InChI is InChI=1S/C34H39N3O3/c1-23-11-12-28-29(19-23)34(2,3)14-13-30(28)35-32(38)31-21-24-7-4-5-8-26(24)22-37(31)33(39)25-9-6-10-27(20-25)36-15-17-40-18-16-36/h4-12,19-20,30-31H,13-18,21-22H2,1-3H3,(H,35,38). The van der Waals surface area contributed by atoms with Gasteiger partial charge in [-0.05, 0) is 65.6 Å². The Morgan fingerprint density at radius 1 is 0.950 bits per heavy atom. The van der Waals surface area contributed by atoms with E-state index in [2.05, 4.69) is 61.3 Å². The molecule has 6 heteroatoms. The van der Waals surface area contributed by atoms with Crippen LogP contribution in [0.4, 0.5) is 5.69 Å². The number of fused-ring (bicyclic) bond motifs is 2. The molecule has 0 radical (unpaired) electrons. The van der Waals surface area contributed by atoms with Crippen molar-refractivity contribution in [3.8, 4) is 0 Å². The molecule has 1 aliphatic carbocycles. The van der Waals surface area contributed by atoms with E-state index in [4.69, 9.17) is 4.74 Å². The number of morpholine rings is 1. The third kappa shape index (κ3) is 5.13. The normalized spacial score (nSPS) is 21.8. The van der Waals surface area contributed by atoms with Crippen molar-refractivity contribution in [3.63, 3.8) is 0 Å². The minimum atomic E-state index is -0.571. The van der Waals surface area contributed by atoms with Gasteiger partial charge in [-0.2, -0.15) is 0 Å². The molecular formula is C34H39N3O3. The molecule has 2 unspecified atom stereocenters. The van der Waals surface area contributed by atoms with E-state index in [1.165, 1.54) is 16.7 Å². The zero-order valence-electron chi connectivity index (χ0n) is 23.8. The molecule has 6 nitrogen and oxygen atoms in total. The molecule has 2 amide bonds. The molecule has 2 aliphatic heterocycles. The first-order chi connectivity index (χ1) is 19.3. The van der Waals surface area contributed by atoms with Gasteiger partial charge in [0.1, 0.15) is 6.04 Å². The summed E-state index contributed by atoms with van der Waals surface area (Å²) in [5.41, 5.74) is 7.68. The number of nitrogens with one attached hydrogen (secondary N) is 1. The Balaban J connectivity index is 1.29. The minimum absolute atomic E-state index is 0.0603. The zero-order chi connectivity index (χ0) is 27.9. The Morgan fingerprint density at radius 2 is 1.73 bits per heavy atom.